The third kappa shape index (κ3) is 5.83. The topological polar surface area (TPSA) is 39.2 Å². The number of likely N-dealkylation sites (N-methyl/N-ethyl adjacent to an activating group) is 1. The minimum absolute atomic E-state index is 0.253. The highest BCUT2D eigenvalue weighted by Gasteiger charge is 2.23. The van der Waals surface area contributed by atoms with Gasteiger partial charge in [0.1, 0.15) is 0 Å². The van der Waals surface area contributed by atoms with E-state index in [0.717, 1.165) is 39.3 Å². The van der Waals surface area contributed by atoms with Gasteiger partial charge in [-0.2, -0.15) is 0 Å². The zero-order valence-corrected chi connectivity index (χ0v) is 15.3. The lowest BCUT2D eigenvalue weighted by molar-refractivity contribution is -0.133. The Labute approximate surface area is 141 Å². The van der Waals surface area contributed by atoms with Crippen LogP contribution in [0.1, 0.15) is 12.8 Å². The third-order valence-electron chi connectivity index (χ3n) is 4.14. The summed E-state index contributed by atoms with van der Waals surface area (Å²) in [5.74, 6) is 0.845. The summed E-state index contributed by atoms with van der Waals surface area (Å²) in [6.45, 7) is 6.32. The van der Waals surface area contributed by atoms with Crippen LogP contribution in [0.15, 0.2) is 4.99 Å². The van der Waals surface area contributed by atoms with Crippen molar-refractivity contribution in [1.29, 1.82) is 0 Å². The summed E-state index contributed by atoms with van der Waals surface area (Å²) in [4.78, 5) is 23.0. The highest BCUT2D eigenvalue weighted by atomic mass is 127. The Morgan fingerprint density at radius 1 is 1.29 bits per heavy atom. The van der Waals surface area contributed by atoms with Gasteiger partial charge in [0, 0.05) is 48.8 Å². The second kappa shape index (κ2) is 8.43. The van der Waals surface area contributed by atoms with Crippen LogP contribution in [0.2, 0.25) is 0 Å². The molecule has 21 heavy (non-hydrogen) atoms. The number of halogens is 1. The molecule has 120 valence electrons. The molecule has 2 rings (SSSR count). The number of rotatable bonds is 4. The second-order valence-corrected chi connectivity index (χ2v) is 8.13. The lowest BCUT2D eigenvalue weighted by Gasteiger charge is -2.36. The average molecular weight is 406 g/mol. The van der Waals surface area contributed by atoms with E-state index in [2.05, 4.69) is 38.7 Å². The zero-order chi connectivity index (χ0) is 15.2. The van der Waals surface area contributed by atoms with Crippen molar-refractivity contribution in [3.8, 4) is 0 Å². The molecular weight excluding hydrogens is 379 g/mol. The van der Waals surface area contributed by atoms with Gasteiger partial charge in [-0.25, -0.2) is 0 Å². The minimum atomic E-state index is 0.253. The van der Waals surface area contributed by atoms with Gasteiger partial charge in [0.05, 0.1) is 13.1 Å². The quantitative estimate of drug-likeness (QED) is 0.516. The first-order valence-electron chi connectivity index (χ1n) is 7.83. The Bertz CT molecular complexity index is 367. The summed E-state index contributed by atoms with van der Waals surface area (Å²) in [6.07, 6.45) is 4.69. The number of piperazine rings is 1. The van der Waals surface area contributed by atoms with Gasteiger partial charge >= 0.3 is 0 Å². The summed E-state index contributed by atoms with van der Waals surface area (Å²) in [5.41, 5.74) is 0. The summed E-state index contributed by atoms with van der Waals surface area (Å²) >= 11 is 2.51. The van der Waals surface area contributed by atoms with Gasteiger partial charge in [0.25, 0.3) is 0 Å². The molecule has 0 aromatic carbocycles. The molecule has 0 saturated carbocycles. The summed E-state index contributed by atoms with van der Waals surface area (Å²) < 4.78 is 0.698. The molecule has 0 bridgehead atoms. The fraction of sp³-hybridized carbons (Fsp3) is 0.867. The second-order valence-electron chi connectivity index (χ2n) is 6.37. The van der Waals surface area contributed by atoms with Crippen LogP contribution in [0.4, 0.5) is 0 Å². The Kier molecular flexibility index (Phi) is 6.88. The molecule has 2 aliphatic rings. The number of aliphatic imine (C=N–C) groups is 1. The van der Waals surface area contributed by atoms with Crippen molar-refractivity contribution in [1.82, 2.24) is 14.7 Å². The molecule has 0 N–H and O–H groups in total. The van der Waals surface area contributed by atoms with Crippen molar-refractivity contribution >= 4 is 34.7 Å². The van der Waals surface area contributed by atoms with Gasteiger partial charge in [-0.1, -0.05) is 22.6 Å². The van der Waals surface area contributed by atoms with E-state index in [1.807, 2.05) is 23.9 Å². The van der Waals surface area contributed by atoms with Gasteiger partial charge < -0.3 is 9.80 Å². The van der Waals surface area contributed by atoms with Crippen molar-refractivity contribution in [2.75, 3.05) is 59.9 Å². The maximum Gasteiger partial charge on any atom is 0.236 e. The van der Waals surface area contributed by atoms with E-state index < -0.39 is 0 Å². The molecule has 1 saturated heterocycles. The summed E-state index contributed by atoms with van der Waals surface area (Å²) in [6, 6.07) is 0. The number of carbonyl (C=O) groups is 1. The van der Waals surface area contributed by atoms with Crippen LogP contribution in [0, 0.1) is 5.92 Å². The van der Waals surface area contributed by atoms with E-state index in [0.29, 0.717) is 16.4 Å². The third-order valence-corrected chi connectivity index (χ3v) is 5.16. The molecule has 0 aromatic heterocycles. The van der Waals surface area contributed by atoms with Crippen molar-refractivity contribution in [3.63, 3.8) is 0 Å². The Balaban J connectivity index is 1.72. The molecule has 2 heterocycles. The molecule has 2 aliphatic heterocycles. The predicted molar refractivity (Wildman–Crippen MR) is 95.5 cm³/mol. The monoisotopic (exact) mass is 406 g/mol. The standard InChI is InChI=1S/C15H27IN4O/c1-18(2)12-15(21)20-7-5-19(6-8-20)11-13-3-4-14(16)10-17-9-13/h9,13-14H,3-8,10-12H2,1-2H3. The van der Waals surface area contributed by atoms with E-state index in [9.17, 15) is 4.79 Å². The number of hydrogen-bond acceptors (Lipinski definition) is 4. The molecule has 0 aliphatic carbocycles. The van der Waals surface area contributed by atoms with Crippen molar-refractivity contribution in [3.05, 3.63) is 0 Å². The van der Waals surface area contributed by atoms with Gasteiger partial charge in [-0.05, 0) is 26.9 Å². The van der Waals surface area contributed by atoms with E-state index in [4.69, 9.17) is 0 Å². The van der Waals surface area contributed by atoms with Crippen LogP contribution in [0.3, 0.4) is 0 Å². The van der Waals surface area contributed by atoms with Crippen LogP contribution >= 0.6 is 22.6 Å². The van der Waals surface area contributed by atoms with E-state index in [1.165, 1.54) is 12.8 Å². The molecule has 6 heteroatoms. The first kappa shape index (κ1) is 17.1. The minimum Gasteiger partial charge on any atom is -0.339 e. The lowest BCUT2D eigenvalue weighted by Crippen LogP contribution is -2.51. The molecule has 0 aromatic rings. The highest BCUT2D eigenvalue weighted by Crippen LogP contribution is 2.18. The average Bonchev–Trinajstić information content (AvgIpc) is 2.64. The van der Waals surface area contributed by atoms with Gasteiger partial charge in [-0.3, -0.25) is 14.7 Å². The van der Waals surface area contributed by atoms with Gasteiger partial charge in [0.15, 0.2) is 0 Å². The molecule has 1 amide bonds. The van der Waals surface area contributed by atoms with Crippen molar-refractivity contribution in [2.24, 2.45) is 10.9 Å². The first-order chi connectivity index (χ1) is 10.0. The largest absolute Gasteiger partial charge is 0.339 e. The SMILES string of the molecule is CN(C)CC(=O)N1CCN(CC2C=NCC(I)CC2)CC1. The molecule has 5 nitrogen and oxygen atoms in total. The Morgan fingerprint density at radius 2 is 2.00 bits per heavy atom. The normalized spacial score (nSPS) is 27.9. The summed E-state index contributed by atoms with van der Waals surface area (Å²) in [7, 11) is 3.89. The number of hydrogen-bond donors (Lipinski definition) is 0. The fourth-order valence-electron chi connectivity index (χ4n) is 2.91. The maximum absolute atomic E-state index is 12.0. The van der Waals surface area contributed by atoms with Crippen LogP contribution in [0.5, 0.6) is 0 Å². The summed E-state index contributed by atoms with van der Waals surface area (Å²) in [5, 5.41) is 0. The van der Waals surface area contributed by atoms with E-state index in [-0.39, 0.29) is 5.91 Å². The molecule has 0 spiro atoms. The maximum atomic E-state index is 12.0. The Hall–Kier alpha value is -0.210. The number of carbonyl (C=O) groups excluding carboxylic acids is 1. The molecule has 0 radical (unpaired) electrons. The predicted octanol–water partition coefficient (Wildman–Crippen LogP) is 0.977. The van der Waals surface area contributed by atoms with Crippen LogP contribution in [-0.4, -0.2) is 90.7 Å². The molecular formula is C15H27IN4O. The van der Waals surface area contributed by atoms with Gasteiger partial charge in [-0.15, -0.1) is 0 Å². The Morgan fingerprint density at radius 3 is 2.67 bits per heavy atom. The van der Waals surface area contributed by atoms with Crippen molar-refractivity contribution < 1.29 is 4.79 Å². The fourth-order valence-corrected chi connectivity index (χ4v) is 3.49. The number of alkyl halides is 1. The molecule has 2 unspecified atom stereocenters. The van der Waals surface area contributed by atoms with Crippen LogP contribution in [0.25, 0.3) is 0 Å². The number of amides is 1. The van der Waals surface area contributed by atoms with Crippen LogP contribution in [-0.2, 0) is 4.79 Å². The number of nitrogens with zero attached hydrogens (tertiary/aromatic N) is 4. The molecule has 1 fully saturated rings. The van der Waals surface area contributed by atoms with Crippen molar-refractivity contribution in [2.45, 2.75) is 16.8 Å². The highest BCUT2D eigenvalue weighted by molar-refractivity contribution is 14.1. The lowest BCUT2D eigenvalue weighted by atomic mass is 10.0. The molecule has 2 atom stereocenters. The van der Waals surface area contributed by atoms with Crippen LogP contribution < -0.4 is 0 Å². The van der Waals surface area contributed by atoms with E-state index in [1.54, 1.807) is 0 Å². The van der Waals surface area contributed by atoms with E-state index >= 15 is 0 Å². The zero-order valence-electron chi connectivity index (χ0n) is 13.2. The first-order valence-corrected chi connectivity index (χ1v) is 9.08. The van der Waals surface area contributed by atoms with Gasteiger partial charge in [0.2, 0.25) is 5.91 Å². The smallest absolute Gasteiger partial charge is 0.236 e.